The molecule has 0 saturated heterocycles. The summed E-state index contributed by atoms with van der Waals surface area (Å²) in [7, 11) is 0. The lowest BCUT2D eigenvalue weighted by molar-refractivity contribution is -0.145. The third-order valence-corrected chi connectivity index (χ3v) is 3.74. The topological polar surface area (TPSA) is 39.2 Å². The Morgan fingerprint density at radius 1 is 1.69 bits per heavy atom. The Hall–Kier alpha value is -1.09. The van der Waals surface area contributed by atoms with Crippen molar-refractivity contribution in [2.45, 2.75) is 19.3 Å². The lowest BCUT2D eigenvalue weighted by Crippen LogP contribution is -2.11. The van der Waals surface area contributed by atoms with Gasteiger partial charge in [0.25, 0.3) is 0 Å². The fraction of sp³-hybridized carbons (Fsp3) is 0.500. The van der Waals surface area contributed by atoms with E-state index in [1.54, 1.807) is 0 Å². The fourth-order valence-electron chi connectivity index (χ4n) is 2.82. The lowest BCUT2D eigenvalue weighted by Gasteiger charge is -2.06. The Morgan fingerprint density at radius 3 is 3.25 bits per heavy atom. The standard InChI is InChI=1S/C12H12ClNO2/c1-2-16-12(15)11-7-3-6-4-9(13)14-5-8(6)10(7)11/h4-5,7,10-11H,2-3H2,1H3. The number of carbonyl (C=O) groups excluding carboxylic acids is 1. The van der Waals surface area contributed by atoms with Gasteiger partial charge in [-0.1, -0.05) is 11.6 Å². The molecule has 0 radical (unpaired) electrons. The highest BCUT2D eigenvalue weighted by Gasteiger charge is 2.60. The molecule has 0 aromatic carbocycles. The van der Waals surface area contributed by atoms with Crippen LogP contribution in [-0.4, -0.2) is 17.6 Å². The number of hydrogen-bond donors (Lipinski definition) is 0. The average molecular weight is 238 g/mol. The lowest BCUT2D eigenvalue weighted by atomic mass is 10.1. The highest BCUT2D eigenvalue weighted by molar-refractivity contribution is 6.29. The molecule has 2 aliphatic rings. The Bertz CT molecular complexity index is 460. The molecule has 16 heavy (non-hydrogen) atoms. The molecule has 1 saturated carbocycles. The summed E-state index contributed by atoms with van der Waals surface area (Å²) in [5, 5.41) is 0.535. The van der Waals surface area contributed by atoms with Crippen molar-refractivity contribution in [1.82, 2.24) is 4.98 Å². The zero-order valence-corrected chi connectivity index (χ0v) is 9.70. The molecule has 3 unspecified atom stereocenters. The minimum Gasteiger partial charge on any atom is -0.466 e. The van der Waals surface area contributed by atoms with Gasteiger partial charge in [0.1, 0.15) is 5.15 Å². The highest BCUT2D eigenvalue weighted by Crippen LogP contribution is 2.61. The number of rotatable bonds is 2. The van der Waals surface area contributed by atoms with Gasteiger partial charge in [-0.05, 0) is 36.5 Å². The van der Waals surface area contributed by atoms with Gasteiger partial charge < -0.3 is 4.74 Å². The van der Waals surface area contributed by atoms with Gasteiger partial charge in [0.2, 0.25) is 0 Å². The van der Waals surface area contributed by atoms with Gasteiger partial charge >= 0.3 is 5.97 Å². The van der Waals surface area contributed by atoms with Crippen LogP contribution in [0.15, 0.2) is 12.3 Å². The van der Waals surface area contributed by atoms with Crippen LogP contribution in [0.2, 0.25) is 5.15 Å². The Kier molecular flexibility index (Phi) is 2.18. The second kappa shape index (κ2) is 3.45. The van der Waals surface area contributed by atoms with Gasteiger partial charge in [-0.2, -0.15) is 0 Å². The molecular weight excluding hydrogens is 226 g/mol. The van der Waals surface area contributed by atoms with E-state index in [1.165, 1.54) is 11.1 Å². The van der Waals surface area contributed by atoms with E-state index in [2.05, 4.69) is 4.98 Å². The predicted molar refractivity (Wildman–Crippen MR) is 59.3 cm³/mol. The largest absolute Gasteiger partial charge is 0.466 e. The van der Waals surface area contributed by atoms with Crippen LogP contribution < -0.4 is 0 Å². The van der Waals surface area contributed by atoms with Crippen molar-refractivity contribution in [3.63, 3.8) is 0 Å². The normalized spacial score (nSPS) is 29.5. The molecule has 1 aromatic heterocycles. The third-order valence-electron chi connectivity index (χ3n) is 3.53. The molecule has 3 rings (SSSR count). The second-order valence-electron chi connectivity index (χ2n) is 4.38. The maximum absolute atomic E-state index is 11.6. The van der Waals surface area contributed by atoms with Crippen LogP contribution in [0.25, 0.3) is 0 Å². The number of carbonyl (C=O) groups is 1. The first-order valence-electron chi connectivity index (χ1n) is 5.53. The number of halogens is 1. The van der Waals surface area contributed by atoms with Gasteiger partial charge in [0.15, 0.2) is 0 Å². The Morgan fingerprint density at radius 2 is 2.50 bits per heavy atom. The monoisotopic (exact) mass is 237 g/mol. The third kappa shape index (κ3) is 1.34. The summed E-state index contributed by atoms with van der Waals surface area (Å²) in [5.41, 5.74) is 2.43. The van der Waals surface area contributed by atoms with E-state index in [1.807, 2.05) is 19.2 Å². The van der Waals surface area contributed by atoms with Crippen LogP contribution in [0, 0.1) is 11.8 Å². The van der Waals surface area contributed by atoms with Gasteiger partial charge in [-0.3, -0.25) is 4.79 Å². The van der Waals surface area contributed by atoms with E-state index in [0.29, 0.717) is 23.6 Å². The minimum atomic E-state index is -0.0573. The highest BCUT2D eigenvalue weighted by atomic mass is 35.5. The van der Waals surface area contributed by atoms with Crippen LogP contribution in [0.5, 0.6) is 0 Å². The fourth-order valence-corrected chi connectivity index (χ4v) is 3.00. The zero-order valence-electron chi connectivity index (χ0n) is 8.94. The van der Waals surface area contributed by atoms with Crippen LogP contribution in [-0.2, 0) is 16.0 Å². The van der Waals surface area contributed by atoms with Crippen molar-refractivity contribution in [1.29, 1.82) is 0 Å². The van der Waals surface area contributed by atoms with Crippen molar-refractivity contribution in [3.05, 3.63) is 28.5 Å². The van der Waals surface area contributed by atoms with E-state index in [0.717, 1.165) is 6.42 Å². The molecule has 2 aliphatic carbocycles. The molecule has 1 heterocycles. The van der Waals surface area contributed by atoms with Crippen LogP contribution in [0.4, 0.5) is 0 Å². The van der Waals surface area contributed by atoms with Crippen molar-refractivity contribution >= 4 is 17.6 Å². The Balaban J connectivity index is 1.82. The van der Waals surface area contributed by atoms with Gasteiger partial charge in [0.05, 0.1) is 12.5 Å². The number of esters is 1. The summed E-state index contributed by atoms with van der Waals surface area (Å²) in [6.07, 6.45) is 2.74. The maximum Gasteiger partial charge on any atom is 0.309 e. The van der Waals surface area contributed by atoms with Crippen LogP contribution >= 0.6 is 11.6 Å². The summed E-state index contributed by atoms with van der Waals surface area (Å²) >= 11 is 5.83. The average Bonchev–Trinajstić information content (AvgIpc) is 2.82. The predicted octanol–water partition coefficient (Wildman–Crippen LogP) is 2.18. The summed E-state index contributed by atoms with van der Waals surface area (Å²) in [6.45, 7) is 2.30. The van der Waals surface area contributed by atoms with E-state index in [9.17, 15) is 4.79 Å². The molecule has 1 fully saturated rings. The summed E-state index contributed by atoms with van der Waals surface area (Å²) < 4.78 is 5.06. The van der Waals surface area contributed by atoms with Crippen molar-refractivity contribution in [2.24, 2.45) is 11.8 Å². The second-order valence-corrected chi connectivity index (χ2v) is 4.76. The Labute approximate surface area is 98.8 Å². The molecule has 1 aromatic rings. The molecule has 0 aliphatic heterocycles. The summed E-state index contributed by atoms with van der Waals surface area (Å²) in [6, 6.07) is 1.91. The van der Waals surface area contributed by atoms with Crippen LogP contribution in [0.3, 0.4) is 0 Å². The summed E-state index contributed by atoms with van der Waals surface area (Å²) in [4.78, 5) is 15.7. The van der Waals surface area contributed by atoms with Gasteiger partial charge in [-0.25, -0.2) is 4.98 Å². The quantitative estimate of drug-likeness (QED) is 0.585. The molecule has 0 bridgehead atoms. The van der Waals surface area contributed by atoms with Crippen molar-refractivity contribution < 1.29 is 9.53 Å². The van der Waals surface area contributed by atoms with Crippen molar-refractivity contribution in [3.8, 4) is 0 Å². The maximum atomic E-state index is 11.6. The number of pyridine rings is 1. The first-order valence-corrected chi connectivity index (χ1v) is 5.91. The van der Waals surface area contributed by atoms with Crippen molar-refractivity contribution in [2.75, 3.05) is 6.61 Å². The number of hydrogen-bond acceptors (Lipinski definition) is 3. The molecule has 0 N–H and O–H groups in total. The van der Waals surface area contributed by atoms with E-state index in [-0.39, 0.29) is 11.9 Å². The van der Waals surface area contributed by atoms with Crippen LogP contribution in [0.1, 0.15) is 24.0 Å². The van der Waals surface area contributed by atoms with E-state index < -0.39 is 0 Å². The van der Waals surface area contributed by atoms with Gasteiger partial charge in [0, 0.05) is 12.1 Å². The molecule has 0 spiro atoms. The molecule has 4 heteroatoms. The molecule has 3 nitrogen and oxygen atoms in total. The number of ether oxygens (including phenoxy) is 1. The molecule has 84 valence electrons. The SMILES string of the molecule is CCOC(=O)C1C2Cc3cc(Cl)ncc3C21. The van der Waals surface area contributed by atoms with E-state index in [4.69, 9.17) is 16.3 Å². The molecule has 0 amide bonds. The zero-order chi connectivity index (χ0) is 11.3. The van der Waals surface area contributed by atoms with Gasteiger partial charge in [-0.15, -0.1) is 0 Å². The number of fused-ring (bicyclic) bond motifs is 3. The molecule has 3 atom stereocenters. The number of aromatic nitrogens is 1. The van der Waals surface area contributed by atoms with E-state index >= 15 is 0 Å². The number of nitrogens with zero attached hydrogens (tertiary/aromatic N) is 1. The first kappa shape index (κ1) is 10.1. The smallest absolute Gasteiger partial charge is 0.309 e. The molecular formula is C12H12ClNO2. The summed E-state index contributed by atoms with van der Waals surface area (Å²) in [5.74, 6) is 0.765. The minimum absolute atomic E-state index is 0.0573. The first-order chi connectivity index (χ1) is 7.72.